The molecule has 120 valence electrons. The van der Waals surface area contributed by atoms with Gasteiger partial charge in [-0.05, 0) is 60.3 Å². The number of carbonyl (C=O) groups excluding carboxylic acids is 2. The van der Waals surface area contributed by atoms with Crippen LogP contribution in [0.3, 0.4) is 0 Å². The van der Waals surface area contributed by atoms with Crippen LogP contribution in [0, 0.1) is 5.82 Å². The van der Waals surface area contributed by atoms with E-state index in [1.807, 2.05) is 0 Å². The third-order valence-corrected chi connectivity index (χ3v) is 4.17. The number of nitrogens with one attached hydrogen (secondary N) is 1. The van der Waals surface area contributed by atoms with E-state index < -0.39 is 11.8 Å². The minimum Gasteiger partial charge on any atom is -0.327 e. The van der Waals surface area contributed by atoms with E-state index >= 15 is 0 Å². The molecule has 1 saturated heterocycles. The van der Waals surface area contributed by atoms with Crippen LogP contribution in [0.2, 0.25) is 0 Å². The van der Waals surface area contributed by atoms with Gasteiger partial charge in [-0.25, -0.2) is 9.29 Å². The lowest BCUT2D eigenvalue weighted by atomic mass is 10.1. The highest BCUT2D eigenvalue weighted by Crippen LogP contribution is 2.19. The van der Waals surface area contributed by atoms with Gasteiger partial charge in [-0.15, -0.1) is 0 Å². The highest BCUT2D eigenvalue weighted by atomic mass is 79.9. The third-order valence-electron chi connectivity index (χ3n) is 3.35. The number of nitrogens with zero attached hydrogens (tertiary/aromatic N) is 1. The molecule has 2 aromatic carbocycles. The Morgan fingerprint density at radius 2 is 1.75 bits per heavy atom. The fourth-order valence-electron chi connectivity index (χ4n) is 2.17. The average Bonchev–Trinajstić information content (AvgIpc) is 2.83. The van der Waals surface area contributed by atoms with Gasteiger partial charge in [0.1, 0.15) is 11.5 Å². The molecule has 3 rings (SSSR count). The Balaban J connectivity index is 1.87. The quantitative estimate of drug-likeness (QED) is 0.472. The summed E-state index contributed by atoms with van der Waals surface area (Å²) in [7, 11) is 0. The first-order valence-electron chi connectivity index (χ1n) is 6.88. The molecule has 0 aromatic heterocycles. The molecule has 24 heavy (non-hydrogen) atoms. The van der Waals surface area contributed by atoms with Crippen LogP contribution in [0.1, 0.15) is 15.9 Å². The van der Waals surface area contributed by atoms with E-state index in [0.717, 1.165) is 9.37 Å². The van der Waals surface area contributed by atoms with Crippen LogP contribution in [0.25, 0.3) is 6.08 Å². The van der Waals surface area contributed by atoms with Crippen LogP contribution in [0.4, 0.5) is 4.39 Å². The maximum Gasteiger partial charge on any atom is 0.283 e. The van der Waals surface area contributed by atoms with Crippen LogP contribution < -0.4 is 5.32 Å². The van der Waals surface area contributed by atoms with E-state index in [9.17, 15) is 14.0 Å². The van der Waals surface area contributed by atoms with Crippen LogP contribution >= 0.6 is 28.1 Å². The van der Waals surface area contributed by atoms with Crippen molar-refractivity contribution in [3.05, 3.63) is 75.6 Å². The fraction of sp³-hybridized carbons (Fsp3) is 0. The zero-order valence-electron chi connectivity index (χ0n) is 12.1. The van der Waals surface area contributed by atoms with Crippen molar-refractivity contribution in [3.63, 3.8) is 0 Å². The van der Waals surface area contributed by atoms with E-state index in [-0.39, 0.29) is 16.6 Å². The van der Waals surface area contributed by atoms with Crippen molar-refractivity contribution in [1.29, 1.82) is 0 Å². The Hall–Kier alpha value is -2.38. The monoisotopic (exact) mass is 404 g/mol. The van der Waals surface area contributed by atoms with Crippen molar-refractivity contribution in [3.8, 4) is 0 Å². The SMILES string of the molecule is O=C1C(=Cc2ccc(F)cc2)NC(=S)N1C(=O)c1ccc(Br)cc1. The Morgan fingerprint density at radius 1 is 1.12 bits per heavy atom. The molecule has 7 heteroatoms. The average molecular weight is 405 g/mol. The molecule has 4 nitrogen and oxygen atoms in total. The number of thiocarbonyl (C=S) groups is 1. The summed E-state index contributed by atoms with van der Waals surface area (Å²) in [6.45, 7) is 0. The minimum atomic E-state index is -0.544. The summed E-state index contributed by atoms with van der Waals surface area (Å²) in [5.41, 5.74) is 1.13. The predicted molar refractivity (Wildman–Crippen MR) is 95.4 cm³/mol. The van der Waals surface area contributed by atoms with Crippen molar-refractivity contribution in [2.75, 3.05) is 0 Å². The van der Waals surface area contributed by atoms with E-state index in [4.69, 9.17) is 12.2 Å². The molecule has 0 atom stereocenters. The number of carbonyl (C=O) groups is 2. The summed E-state index contributed by atoms with van der Waals surface area (Å²) >= 11 is 8.38. The van der Waals surface area contributed by atoms with E-state index in [0.29, 0.717) is 11.1 Å². The Labute approximate surface area is 151 Å². The molecule has 1 heterocycles. The lowest BCUT2D eigenvalue weighted by Crippen LogP contribution is -2.36. The number of benzene rings is 2. The van der Waals surface area contributed by atoms with Crippen LogP contribution in [-0.2, 0) is 4.79 Å². The number of hydrogen-bond donors (Lipinski definition) is 1. The first kappa shape index (κ1) is 16.5. The first-order valence-corrected chi connectivity index (χ1v) is 8.08. The standard InChI is InChI=1S/C17H10BrFN2O2S/c18-12-5-3-11(4-6-12)15(22)21-16(23)14(20-17(21)24)9-10-1-7-13(19)8-2-10/h1-9H,(H,20,24). The van der Waals surface area contributed by atoms with Crippen molar-refractivity contribution in [1.82, 2.24) is 10.2 Å². The molecule has 1 N–H and O–H groups in total. The Bertz CT molecular complexity index is 863. The highest BCUT2D eigenvalue weighted by Gasteiger charge is 2.36. The molecular formula is C17H10BrFN2O2S. The van der Waals surface area contributed by atoms with Gasteiger partial charge in [-0.3, -0.25) is 9.59 Å². The summed E-state index contributed by atoms with van der Waals surface area (Å²) in [4.78, 5) is 25.9. The summed E-state index contributed by atoms with van der Waals surface area (Å²) in [6, 6.07) is 12.2. The number of hydrogen-bond acceptors (Lipinski definition) is 3. The lowest BCUT2D eigenvalue weighted by Gasteiger charge is -2.11. The van der Waals surface area contributed by atoms with E-state index in [1.165, 1.54) is 30.3 Å². The number of imide groups is 1. The van der Waals surface area contributed by atoms with Gasteiger partial charge in [0.15, 0.2) is 5.11 Å². The lowest BCUT2D eigenvalue weighted by molar-refractivity contribution is -0.120. The fourth-order valence-corrected chi connectivity index (χ4v) is 2.71. The third kappa shape index (κ3) is 3.27. The van der Waals surface area contributed by atoms with Gasteiger partial charge in [0, 0.05) is 10.0 Å². The maximum absolute atomic E-state index is 12.9. The molecule has 2 aromatic rings. The highest BCUT2D eigenvalue weighted by molar-refractivity contribution is 9.10. The number of halogens is 2. The van der Waals surface area contributed by atoms with Gasteiger partial charge in [-0.2, -0.15) is 0 Å². The van der Waals surface area contributed by atoms with Gasteiger partial charge in [0.25, 0.3) is 11.8 Å². The molecule has 0 saturated carbocycles. The van der Waals surface area contributed by atoms with Crippen molar-refractivity contribution in [2.45, 2.75) is 0 Å². The predicted octanol–water partition coefficient (Wildman–Crippen LogP) is 3.49. The van der Waals surface area contributed by atoms with Crippen molar-refractivity contribution < 1.29 is 14.0 Å². The molecular weight excluding hydrogens is 395 g/mol. The smallest absolute Gasteiger partial charge is 0.283 e. The molecule has 0 aliphatic carbocycles. The van der Waals surface area contributed by atoms with Gasteiger partial charge in [-0.1, -0.05) is 28.1 Å². The van der Waals surface area contributed by atoms with Crippen LogP contribution in [0.15, 0.2) is 58.7 Å². The first-order chi connectivity index (χ1) is 11.5. The maximum atomic E-state index is 12.9. The van der Waals surface area contributed by atoms with Gasteiger partial charge < -0.3 is 5.32 Å². The number of amides is 2. The second-order valence-electron chi connectivity index (χ2n) is 4.99. The van der Waals surface area contributed by atoms with Crippen LogP contribution in [0.5, 0.6) is 0 Å². The Morgan fingerprint density at radius 3 is 2.38 bits per heavy atom. The second kappa shape index (κ2) is 6.62. The minimum absolute atomic E-state index is 0.0151. The summed E-state index contributed by atoms with van der Waals surface area (Å²) < 4.78 is 13.8. The van der Waals surface area contributed by atoms with Crippen LogP contribution in [-0.4, -0.2) is 21.8 Å². The molecule has 2 amide bonds. The Kier molecular flexibility index (Phi) is 4.55. The second-order valence-corrected chi connectivity index (χ2v) is 6.29. The van der Waals surface area contributed by atoms with Gasteiger partial charge in [0.05, 0.1) is 0 Å². The van der Waals surface area contributed by atoms with Crippen molar-refractivity contribution in [2.24, 2.45) is 0 Å². The summed E-state index contributed by atoms with van der Waals surface area (Å²) in [5.74, 6) is -1.42. The topological polar surface area (TPSA) is 49.4 Å². The molecule has 0 bridgehead atoms. The zero-order chi connectivity index (χ0) is 17.3. The zero-order valence-corrected chi connectivity index (χ0v) is 14.5. The largest absolute Gasteiger partial charge is 0.327 e. The van der Waals surface area contributed by atoms with Crippen molar-refractivity contribution >= 4 is 51.2 Å². The normalized spacial score (nSPS) is 15.8. The molecule has 0 radical (unpaired) electrons. The summed E-state index contributed by atoms with van der Waals surface area (Å²) in [6.07, 6.45) is 1.52. The van der Waals surface area contributed by atoms with E-state index in [1.54, 1.807) is 24.3 Å². The van der Waals surface area contributed by atoms with Gasteiger partial charge in [0.2, 0.25) is 0 Å². The molecule has 0 spiro atoms. The summed E-state index contributed by atoms with van der Waals surface area (Å²) in [5, 5.41) is 2.74. The molecule has 1 aliphatic rings. The molecule has 0 unspecified atom stereocenters. The van der Waals surface area contributed by atoms with Gasteiger partial charge >= 0.3 is 0 Å². The number of rotatable bonds is 2. The molecule has 1 fully saturated rings. The molecule has 1 aliphatic heterocycles. The van der Waals surface area contributed by atoms with E-state index in [2.05, 4.69) is 21.2 Å².